The van der Waals surface area contributed by atoms with E-state index < -0.39 is 5.54 Å². The van der Waals surface area contributed by atoms with Crippen LogP contribution in [-0.4, -0.2) is 22.4 Å². The summed E-state index contributed by atoms with van der Waals surface area (Å²) in [5, 5.41) is 2.53. The Bertz CT molecular complexity index is 567. The summed E-state index contributed by atoms with van der Waals surface area (Å²) in [6, 6.07) is 7.91. The number of nitrogens with one attached hydrogen (secondary N) is 1. The number of rotatable bonds is 2. The molecule has 21 heavy (non-hydrogen) atoms. The minimum atomic E-state index is -0.625. The quantitative estimate of drug-likeness (QED) is 0.850. The second-order valence-corrected chi connectivity index (χ2v) is 6.56. The molecule has 0 bridgehead atoms. The summed E-state index contributed by atoms with van der Waals surface area (Å²) < 4.78 is 0. The molecule has 2 aliphatic rings. The van der Waals surface area contributed by atoms with Crippen LogP contribution >= 0.6 is 0 Å². The van der Waals surface area contributed by atoms with Gasteiger partial charge >= 0.3 is 6.03 Å². The highest BCUT2D eigenvalue weighted by atomic mass is 16.2. The maximum atomic E-state index is 12.4. The molecule has 1 aromatic carbocycles. The van der Waals surface area contributed by atoms with Gasteiger partial charge in [0.1, 0.15) is 5.54 Å². The molecule has 1 heterocycles. The zero-order valence-electron chi connectivity index (χ0n) is 12.7. The van der Waals surface area contributed by atoms with E-state index in [0.29, 0.717) is 12.5 Å². The van der Waals surface area contributed by atoms with Crippen molar-refractivity contribution in [3.05, 3.63) is 35.4 Å². The SMILES string of the molecule is Cc1ccc(CN2C(=O)NC(=O)C23CCCC(C)C3)cc1. The average molecular weight is 286 g/mol. The van der Waals surface area contributed by atoms with Crippen LogP contribution in [0.5, 0.6) is 0 Å². The maximum Gasteiger partial charge on any atom is 0.325 e. The summed E-state index contributed by atoms with van der Waals surface area (Å²) in [6.45, 7) is 4.71. The molecule has 2 fully saturated rings. The number of carbonyl (C=O) groups is 2. The summed E-state index contributed by atoms with van der Waals surface area (Å²) in [5.74, 6) is 0.377. The predicted octanol–water partition coefficient (Wildman–Crippen LogP) is 3.00. The predicted molar refractivity (Wildman–Crippen MR) is 80.6 cm³/mol. The fourth-order valence-corrected chi connectivity index (χ4v) is 3.67. The van der Waals surface area contributed by atoms with Crippen molar-refractivity contribution in [3.63, 3.8) is 0 Å². The zero-order chi connectivity index (χ0) is 15.0. The first kappa shape index (κ1) is 14.1. The van der Waals surface area contributed by atoms with Crippen LogP contribution < -0.4 is 5.32 Å². The summed E-state index contributed by atoms with van der Waals surface area (Å²) in [6.07, 6.45) is 3.70. The Balaban J connectivity index is 1.88. The van der Waals surface area contributed by atoms with Crippen LogP contribution in [0.25, 0.3) is 0 Å². The van der Waals surface area contributed by atoms with Crippen LogP contribution in [0, 0.1) is 12.8 Å². The Morgan fingerprint density at radius 3 is 2.67 bits per heavy atom. The molecule has 3 amide bonds. The first-order valence-electron chi connectivity index (χ1n) is 7.70. The fourth-order valence-electron chi connectivity index (χ4n) is 3.67. The third-order valence-corrected chi connectivity index (χ3v) is 4.84. The summed E-state index contributed by atoms with van der Waals surface area (Å²) >= 11 is 0. The van der Waals surface area contributed by atoms with Gasteiger partial charge in [-0.3, -0.25) is 10.1 Å². The first-order chi connectivity index (χ1) is 10.0. The highest BCUT2D eigenvalue weighted by Gasteiger charge is 2.53. The number of nitrogens with zero attached hydrogens (tertiary/aromatic N) is 1. The van der Waals surface area contributed by atoms with Crippen molar-refractivity contribution >= 4 is 11.9 Å². The maximum absolute atomic E-state index is 12.4. The molecule has 4 nitrogen and oxygen atoms in total. The van der Waals surface area contributed by atoms with Crippen LogP contribution in [0.3, 0.4) is 0 Å². The van der Waals surface area contributed by atoms with E-state index in [1.165, 1.54) is 5.56 Å². The van der Waals surface area contributed by atoms with Gasteiger partial charge in [-0.15, -0.1) is 0 Å². The van der Waals surface area contributed by atoms with Crippen LogP contribution in [0.1, 0.15) is 43.7 Å². The van der Waals surface area contributed by atoms with Crippen molar-refractivity contribution in [3.8, 4) is 0 Å². The van der Waals surface area contributed by atoms with Crippen molar-refractivity contribution in [2.24, 2.45) is 5.92 Å². The second-order valence-electron chi connectivity index (χ2n) is 6.56. The zero-order valence-corrected chi connectivity index (χ0v) is 12.7. The standard InChI is InChI=1S/C17H22N2O2/c1-12-5-7-14(8-6-12)11-19-16(21)18-15(20)17(19)9-3-4-13(2)10-17/h5-8,13H,3-4,9-11H2,1-2H3,(H,18,20,21). The fraction of sp³-hybridized carbons (Fsp3) is 0.529. The lowest BCUT2D eigenvalue weighted by Gasteiger charge is -2.40. The Morgan fingerprint density at radius 2 is 2.00 bits per heavy atom. The number of urea groups is 1. The summed E-state index contributed by atoms with van der Waals surface area (Å²) in [5.41, 5.74) is 1.64. The van der Waals surface area contributed by atoms with Crippen molar-refractivity contribution in [1.29, 1.82) is 0 Å². The van der Waals surface area contributed by atoms with Crippen molar-refractivity contribution < 1.29 is 9.59 Å². The van der Waals surface area contributed by atoms with Crippen LogP contribution in [-0.2, 0) is 11.3 Å². The Hall–Kier alpha value is -1.84. The summed E-state index contributed by atoms with van der Waals surface area (Å²) in [4.78, 5) is 26.4. The van der Waals surface area contributed by atoms with E-state index in [1.807, 2.05) is 31.2 Å². The van der Waals surface area contributed by atoms with Crippen molar-refractivity contribution in [1.82, 2.24) is 10.2 Å². The van der Waals surface area contributed by atoms with Gasteiger partial charge in [-0.25, -0.2) is 4.79 Å². The molecule has 112 valence electrons. The molecule has 0 radical (unpaired) electrons. The molecule has 2 unspecified atom stereocenters. The van der Waals surface area contributed by atoms with Crippen LogP contribution in [0.4, 0.5) is 4.79 Å². The van der Waals surface area contributed by atoms with E-state index in [2.05, 4.69) is 12.2 Å². The Labute approximate surface area is 125 Å². The normalized spacial score (nSPS) is 29.0. The lowest BCUT2D eigenvalue weighted by Crippen LogP contribution is -2.52. The number of aryl methyl sites for hydroxylation is 1. The molecule has 1 aliphatic heterocycles. The van der Waals surface area contributed by atoms with Gasteiger partial charge in [0.15, 0.2) is 0 Å². The highest BCUT2D eigenvalue weighted by molar-refractivity contribution is 6.07. The Kier molecular flexibility index (Phi) is 3.47. The van der Waals surface area contributed by atoms with Crippen molar-refractivity contribution in [2.45, 2.75) is 51.6 Å². The molecule has 1 saturated heterocycles. The van der Waals surface area contributed by atoms with Crippen LogP contribution in [0.2, 0.25) is 0 Å². The topological polar surface area (TPSA) is 49.4 Å². The smallest absolute Gasteiger partial charge is 0.305 e. The van der Waals surface area contributed by atoms with Crippen molar-refractivity contribution in [2.75, 3.05) is 0 Å². The van der Waals surface area contributed by atoms with E-state index in [9.17, 15) is 9.59 Å². The number of hydrogen-bond acceptors (Lipinski definition) is 2. The minimum absolute atomic E-state index is 0.105. The lowest BCUT2D eigenvalue weighted by molar-refractivity contribution is -0.129. The number of imide groups is 1. The number of amides is 3. The van der Waals surface area contributed by atoms with Gasteiger partial charge in [0.2, 0.25) is 0 Å². The summed E-state index contributed by atoms with van der Waals surface area (Å²) in [7, 11) is 0. The van der Waals surface area contributed by atoms with Gasteiger partial charge in [0.05, 0.1) is 0 Å². The van der Waals surface area contributed by atoms with Gasteiger partial charge in [0.25, 0.3) is 5.91 Å². The molecule has 2 atom stereocenters. The number of hydrogen-bond donors (Lipinski definition) is 1. The van der Waals surface area contributed by atoms with E-state index in [4.69, 9.17) is 0 Å². The Morgan fingerprint density at radius 1 is 1.29 bits per heavy atom. The first-order valence-corrected chi connectivity index (χ1v) is 7.70. The molecular formula is C17H22N2O2. The molecule has 3 rings (SSSR count). The highest BCUT2D eigenvalue weighted by Crippen LogP contribution is 2.40. The van der Waals surface area contributed by atoms with E-state index in [-0.39, 0.29) is 11.9 Å². The molecule has 4 heteroatoms. The molecule has 1 spiro atoms. The second kappa shape index (κ2) is 5.17. The van der Waals surface area contributed by atoms with Gasteiger partial charge in [-0.2, -0.15) is 0 Å². The lowest BCUT2D eigenvalue weighted by atomic mass is 9.75. The third-order valence-electron chi connectivity index (χ3n) is 4.84. The van der Waals surface area contributed by atoms with E-state index >= 15 is 0 Å². The monoisotopic (exact) mass is 286 g/mol. The minimum Gasteiger partial charge on any atom is -0.305 e. The van der Waals surface area contributed by atoms with E-state index in [0.717, 1.165) is 31.2 Å². The van der Waals surface area contributed by atoms with Gasteiger partial charge in [-0.05, 0) is 31.2 Å². The number of benzene rings is 1. The largest absolute Gasteiger partial charge is 0.325 e. The average Bonchev–Trinajstić information content (AvgIpc) is 2.65. The van der Waals surface area contributed by atoms with E-state index in [1.54, 1.807) is 4.90 Å². The third kappa shape index (κ3) is 2.43. The number of carbonyl (C=O) groups excluding carboxylic acids is 2. The molecule has 1 N–H and O–H groups in total. The molecule has 1 aromatic rings. The molecule has 0 aromatic heterocycles. The molecular weight excluding hydrogens is 264 g/mol. The molecule has 1 saturated carbocycles. The molecule has 1 aliphatic carbocycles. The van der Waals surface area contributed by atoms with Gasteiger partial charge < -0.3 is 4.90 Å². The van der Waals surface area contributed by atoms with Gasteiger partial charge in [-0.1, -0.05) is 49.6 Å². The van der Waals surface area contributed by atoms with Gasteiger partial charge in [0, 0.05) is 6.54 Å². The van der Waals surface area contributed by atoms with Crippen LogP contribution in [0.15, 0.2) is 24.3 Å².